The largest absolute Gasteiger partial charge is 0.341 e. The molecule has 4 aromatic rings. The normalized spacial score (nSPS) is 18.0. The van der Waals surface area contributed by atoms with Crippen LogP contribution >= 0.6 is 0 Å². The number of fused-ring (bicyclic) bond motifs is 2. The Labute approximate surface area is 207 Å². The minimum Gasteiger partial charge on any atom is -0.341 e. The van der Waals surface area contributed by atoms with E-state index in [4.69, 9.17) is 4.98 Å². The van der Waals surface area contributed by atoms with Gasteiger partial charge in [-0.2, -0.15) is 0 Å². The van der Waals surface area contributed by atoms with Crippen molar-refractivity contribution in [3.63, 3.8) is 0 Å². The van der Waals surface area contributed by atoms with Crippen LogP contribution < -0.4 is 4.90 Å². The lowest BCUT2D eigenvalue weighted by Gasteiger charge is -2.37. The fourth-order valence-electron chi connectivity index (χ4n) is 5.71. The number of hydrogen-bond donors (Lipinski definition) is 0. The van der Waals surface area contributed by atoms with E-state index in [9.17, 15) is 4.79 Å². The number of para-hydroxylation sites is 2. The van der Waals surface area contributed by atoms with Crippen molar-refractivity contribution >= 4 is 22.9 Å². The second-order valence-electron chi connectivity index (χ2n) is 9.85. The number of nitrogens with zero attached hydrogens (tertiary/aromatic N) is 4. The van der Waals surface area contributed by atoms with E-state index in [1.54, 1.807) is 0 Å². The second kappa shape index (κ2) is 9.57. The first-order valence-corrected chi connectivity index (χ1v) is 12.9. The molecule has 0 bridgehead atoms. The van der Waals surface area contributed by atoms with Crippen LogP contribution in [0.1, 0.15) is 29.5 Å². The fourth-order valence-corrected chi connectivity index (χ4v) is 5.71. The van der Waals surface area contributed by atoms with Crippen LogP contribution in [0, 0.1) is 5.92 Å². The quantitative estimate of drug-likeness (QED) is 0.414. The van der Waals surface area contributed by atoms with Gasteiger partial charge in [-0.25, -0.2) is 4.98 Å². The molecular weight excluding hydrogens is 432 g/mol. The summed E-state index contributed by atoms with van der Waals surface area (Å²) in [7, 11) is 0. The summed E-state index contributed by atoms with van der Waals surface area (Å²) >= 11 is 0. The van der Waals surface area contributed by atoms with Crippen molar-refractivity contribution in [2.24, 2.45) is 5.92 Å². The molecular formula is C30H32N4O. The van der Waals surface area contributed by atoms with Gasteiger partial charge in [-0.3, -0.25) is 4.79 Å². The van der Waals surface area contributed by atoms with E-state index < -0.39 is 0 Å². The van der Waals surface area contributed by atoms with E-state index in [-0.39, 0.29) is 5.92 Å². The van der Waals surface area contributed by atoms with Crippen LogP contribution in [0.4, 0.5) is 5.95 Å². The molecule has 1 saturated heterocycles. The van der Waals surface area contributed by atoms with E-state index in [1.807, 2.05) is 0 Å². The second-order valence-corrected chi connectivity index (χ2v) is 9.85. The van der Waals surface area contributed by atoms with Crippen molar-refractivity contribution in [1.82, 2.24) is 14.5 Å². The number of aryl methyl sites for hydroxylation is 2. The zero-order chi connectivity index (χ0) is 23.6. The number of amides is 1. The fraction of sp³-hybridized carbons (Fsp3) is 0.333. The van der Waals surface area contributed by atoms with Gasteiger partial charge in [-0.1, -0.05) is 66.7 Å². The van der Waals surface area contributed by atoms with Gasteiger partial charge in [0.15, 0.2) is 0 Å². The van der Waals surface area contributed by atoms with E-state index >= 15 is 0 Å². The molecule has 0 N–H and O–H groups in total. The zero-order valence-electron chi connectivity index (χ0n) is 20.1. The molecule has 6 rings (SSSR count). The summed E-state index contributed by atoms with van der Waals surface area (Å²) in [6, 6.07) is 27.6. The Bertz CT molecular complexity index is 1330. The predicted octanol–water partition coefficient (Wildman–Crippen LogP) is 5.08. The van der Waals surface area contributed by atoms with Crippen LogP contribution in [0.3, 0.4) is 0 Å². The third kappa shape index (κ3) is 4.43. The number of carbonyl (C=O) groups excluding carboxylic acids is 1. The van der Waals surface area contributed by atoms with Crippen LogP contribution in [0.2, 0.25) is 0 Å². The van der Waals surface area contributed by atoms with Gasteiger partial charge < -0.3 is 14.4 Å². The molecule has 0 saturated carbocycles. The molecule has 1 aromatic heterocycles. The van der Waals surface area contributed by atoms with Gasteiger partial charge in [0, 0.05) is 32.7 Å². The topological polar surface area (TPSA) is 41.4 Å². The molecule has 0 aliphatic carbocycles. The molecule has 1 amide bonds. The monoisotopic (exact) mass is 464 g/mol. The van der Waals surface area contributed by atoms with Crippen molar-refractivity contribution in [3.8, 4) is 0 Å². The lowest BCUT2D eigenvalue weighted by Crippen LogP contribution is -2.47. The van der Waals surface area contributed by atoms with E-state index in [0.717, 1.165) is 69.9 Å². The predicted molar refractivity (Wildman–Crippen MR) is 140 cm³/mol. The molecule has 3 aromatic carbocycles. The highest BCUT2D eigenvalue weighted by Crippen LogP contribution is 2.29. The average Bonchev–Trinajstić information content (AvgIpc) is 3.30. The van der Waals surface area contributed by atoms with E-state index in [0.29, 0.717) is 5.91 Å². The van der Waals surface area contributed by atoms with Crippen molar-refractivity contribution in [2.75, 3.05) is 24.5 Å². The molecule has 3 heterocycles. The summed E-state index contributed by atoms with van der Waals surface area (Å²) < 4.78 is 2.35. The number of rotatable bonds is 5. The molecule has 1 unspecified atom stereocenters. The van der Waals surface area contributed by atoms with Crippen molar-refractivity contribution < 1.29 is 4.79 Å². The number of imidazole rings is 1. The van der Waals surface area contributed by atoms with E-state index in [2.05, 4.69) is 93.2 Å². The zero-order valence-corrected chi connectivity index (χ0v) is 20.1. The third-order valence-corrected chi connectivity index (χ3v) is 7.60. The van der Waals surface area contributed by atoms with Crippen LogP contribution in [-0.2, 0) is 30.7 Å². The molecule has 0 radical (unpaired) electrons. The van der Waals surface area contributed by atoms with Crippen LogP contribution in [-0.4, -0.2) is 40.0 Å². The third-order valence-electron chi connectivity index (χ3n) is 7.60. The standard InChI is InChI=1S/C30H32N4O/c35-29(32-19-17-24-11-4-5-12-25(24)21-32)26-13-8-18-33(22-26)30-31-27-14-6-7-15-28(27)34(30)20-16-23-9-2-1-3-10-23/h1-7,9-12,14-15,26H,8,13,16-22H2. The highest BCUT2D eigenvalue weighted by atomic mass is 16.2. The smallest absolute Gasteiger partial charge is 0.227 e. The molecule has 1 atom stereocenters. The molecule has 35 heavy (non-hydrogen) atoms. The van der Waals surface area contributed by atoms with Crippen LogP contribution in [0.5, 0.6) is 0 Å². The van der Waals surface area contributed by atoms with Gasteiger partial charge in [-0.15, -0.1) is 0 Å². The van der Waals surface area contributed by atoms with E-state index in [1.165, 1.54) is 22.2 Å². The van der Waals surface area contributed by atoms with Gasteiger partial charge >= 0.3 is 0 Å². The Morgan fingerprint density at radius 2 is 1.66 bits per heavy atom. The maximum Gasteiger partial charge on any atom is 0.227 e. The highest BCUT2D eigenvalue weighted by molar-refractivity contribution is 5.81. The Kier molecular flexibility index (Phi) is 5.99. The Hall–Kier alpha value is -3.60. The number of aromatic nitrogens is 2. The molecule has 0 spiro atoms. The number of carbonyl (C=O) groups is 1. The summed E-state index contributed by atoms with van der Waals surface area (Å²) in [5, 5.41) is 0. The Morgan fingerprint density at radius 3 is 2.54 bits per heavy atom. The van der Waals surface area contributed by atoms with Gasteiger partial charge in [0.2, 0.25) is 11.9 Å². The molecule has 2 aliphatic heterocycles. The summed E-state index contributed by atoms with van der Waals surface area (Å²) in [6.45, 7) is 4.12. The van der Waals surface area contributed by atoms with Crippen LogP contribution in [0.25, 0.3) is 11.0 Å². The molecule has 5 heteroatoms. The first-order valence-electron chi connectivity index (χ1n) is 12.9. The summed E-state index contributed by atoms with van der Waals surface area (Å²) in [4.78, 5) is 23.1. The minimum absolute atomic E-state index is 0.0244. The van der Waals surface area contributed by atoms with Crippen molar-refractivity contribution in [1.29, 1.82) is 0 Å². The van der Waals surface area contributed by atoms with Gasteiger partial charge in [-0.05, 0) is 54.5 Å². The Balaban J connectivity index is 1.22. The number of piperidine rings is 1. The summed E-state index contributed by atoms with van der Waals surface area (Å²) in [5.41, 5.74) is 6.20. The van der Waals surface area contributed by atoms with Crippen molar-refractivity contribution in [2.45, 2.75) is 38.8 Å². The molecule has 2 aliphatic rings. The SMILES string of the molecule is O=C(C1CCCN(c2nc3ccccc3n2CCc2ccccc2)C1)N1CCc2ccccc2C1. The minimum atomic E-state index is 0.0244. The first-order chi connectivity index (χ1) is 17.3. The first kappa shape index (κ1) is 21.9. The number of anilines is 1. The molecule has 178 valence electrons. The van der Waals surface area contributed by atoms with Gasteiger partial charge in [0.05, 0.1) is 17.0 Å². The average molecular weight is 465 g/mol. The summed E-state index contributed by atoms with van der Waals surface area (Å²) in [5.74, 6) is 1.33. The summed E-state index contributed by atoms with van der Waals surface area (Å²) in [6.07, 6.45) is 3.88. The molecule has 1 fully saturated rings. The lowest BCUT2D eigenvalue weighted by atomic mass is 9.94. The van der Waals surface area contributed by atoms with Gasteiger partial charge in [0.25, 0.3) is 0 Å². The number of hydrogen-bond acceptors (Lipinski definition) is 3. The maximum absolute atomic E-state index is 13.6. The molecule has 5 nitrogen and oxygen atoms in total. The number of benzene rings is 3. The maximum atomic E-state index is 13.6. The van der Waals surface area contributed by atoms with Crippen LogP contribution in [0.15, 0.2) is 78.9 Å². The highest BCUT2D eigenvalue weighted by Gasteiger charge is 2.32. The van der Waals surface area contributed by atoms with Crippen molar-refractivity contribution in [3.05, 3.63) is 95.6 Å². The van der Waals surface area contributed by atoms with Gasteiger partial charge in [0.1, 0.15) is 0 Å². The Morgan fingerprint density at radius 1 is 0.886 bits per heavy atom. The lowest BCUT2D eigenvalue weighted by molar-refractivity contribution is -0.136.